The Labute approximate surface area is 255 Å². The number of ether oxygens (including phenoxy) is 1. The fraction of sp³-hybridized carbons (Fsp3) is 0.294. The highest BCUT2D eigenvalue weighted by Gasteiger charge is 2.24. The Morgan fingerprint density at radius 2 is 1.89 bits per heavy atom. The highest BCUT2D eigenvalue weighted by Crippen LogP contribution is 2.26. The number of benzene rings is 2. The number of hydrogen-bond acceptors (Lipinski definition) is 6. The van der Waals surface area contributed by atoms with Gasteiger partial charge in [0.05, 0.1) is 23.1 Å². The number of β-amino-alcohol motifs (C(OH)–C–C–N with tert-alkyl or cyclic N) is 1. The highest BCUT2D eigenvalue weighted by molar-refractivity contribution is 5.95. The van der Waals surface area contributed by atoms with E-state index < -0.39 is 6.10 Å². The van der Waals surface area contributed by atoms with Crippen molar-refractivity contribution in [1.29, 1.82) is 0 Å². The summed E-state index contributed by atoms with van der Waals surface area (Å²) in [7, 11) is 0. The van der Waals surface area contributed by atoms with E-state index in [1.54, 1.807) is 59.8 Å². The summed E-state index contributed by atoms with van der Waals surface area (Å²) < 4.78 is 20.0. The van der Waals surface area contributed by atoms with Crippen LogP contribution in [0.25, 0.3) is 11.4 Å². The molecule has 1 fully saturated rings. The number of ketones is 1. The average Bonchev–Trinajstić information content (AvgIpc) is 3.68. The van der Waals surface area contributed by atoms with Crippen LogP contribution in [0, 0.1) is 12.7 Å². The number of halogens is 1. The molecule has 1 saturated heterocycles. The Bertz CT molecular complexity index is 1630. The van der Waals surface area contributed by atoms with Crippen LogP contribution in [-0.2, 0) is 22.4 Å². The van der Waals surface area contributed by atoms with Crippen LogP contribution in [0.2, 0.25) is 0 Å². The van der Waals surface area contributed by atoms with Gasteiger partial charge in [0, 0.05) is 57.4 Å². The number of hydrogen-bond donors (Lipinski definition) is 3. The SMILES string of the molecule is Cc1ccc(F)c(CC(=O)Cc2ccc(Oc3ccnc(-c4cc(C(=O)NCCCC(=O)N5CC[C@@H](O)C5)c[nH]4)c3)cc2)c1. The molecule has 9 nitrogen and oxygen atoms in total. The van der Waals surface area contributed by atoms with E-state index >= 15 is 0 Å². The zero-order chi connectivity index (χ0) is 31.1. The number of Topliss-reactive ketones (excluding diaryl/α,β-unsaturated/α-hetero) is 1. The van der Waals surface area contributed by atoms with Crippen LogP contribution in [0.5, 0.6) is 11.5 Å². The first-order valence-corrected chi connectivity index (χ1v) is 14.7. The first kappa shape index (κ1) is 30.6. The van der Waals surface area contributed by atoms with Crippen molar-refractivity contribution in [2.75, 3.05) is 19.6 Å². The number of likely N-dealkylation sites (tertiary alicyclic amines) is 1. The number of amides is 2. The van der Waals surface area contributed by atoms with E-state index in [0.29, 0.717) is 72.9 Å². The number of carbonyl (C=O) groups is 3. The monoisotopic (exact) mass is 598 g/mol. The smallest absolute Gasteiger partial charge is 0.252 e. The number of rotatable bonds is 12. The molecule has 4 aromatic rings. The second-order valence-electron chi connectivity index (χ2n) is 11.1. The van der Waals surface area contributed by atoms with Gasteiger partial charge in [0.2, 0.25) is 5.91 Å². The summed E-state index contributed by atoms with van der Waals surface area (Å²) in [6, 6.07) is 17.1. The molecule has 0 spiro atoms. The molecule has 0 unspecified atom stereocenters. The minimum atomic E-state index is -0.442. The number of nitrogens with one attached hydrogen (secondary N) is 2. The van der Waals surface area contributed by atoms with Gasteiger partial charge in [-0.15, -0.1) is 0 Å². The van der Waals surface area contributed by atoms with Gasteiger partial charge in [0.15, 0.2) is 0 Å². The number of carbonyl (C=O) groups excluding carboxylic acids is 3. The van der Waals surface area contributed by atoms with Crippen molar-refractivity contribution < 1.29 is 28.6 Å². The first-order valence-electron chi connectivity index (χ1n) is 14.7. The molecule has 3 N–H and O–H groups in total. The predicted molar refractivity (Wildman–Crippen MR) is 163 cm³/mol. The third kappa shape index (κ3) is 8.17. The molecule has 0 radical (unpaired) electrons. The molecule has 228 valence electrons. The van der Waals surface area contributed by atoms with Crippen molar-refractivity contribution in [2.24, 2.45) is 0 Å². The van der Waals surface area contributed by atoms with Crippen molar-refractivity contribution >= 4 is 17.6 Å². The second kappa shape index (κ2) is 14.1. The zero-order valence-corrected chi connectivity index (χ0v) is 24.5. The van der Waals surface area contributed by atoms with E-state index in [1.165, 1.54) is 6.07 Å². The third-order valence-electron chi connectivity index (χ3n) is 7.47. The molecule has 1 aliphatic heterocycles. The van der Waals surface area contributed by atoms with Crippen LogP contribution < -0.4 is 10.1 Å². The summed E-state index contributed by atoms with van der Waals surface area (Å²) in [6.07, 6.45) is 4.44. The second-order valence-corrected chi connectivity index (χ2v) is 11.1. The van der Waals surface area contributed by atoms with Gasteiger partial charge in [-0.1, -0.05) is 29.8 Å². The minimum Gasteiger partial charge on any atom is -0.457 e. The molecule has 0 aliphatic carbocycles. The van der Waals surface area contributed by atoms with E-state index in [0.717, 1.165) is 11.1 Å². The Hall–Kier alpha value is -4.83. The lowest BCUT2D eigenvalue weighted by Gasteiger charge is -2.15. The highest BCUT2D eigenvalue weighted by atomic mass is 19.1. The summed E-state index contributed by atoms with van der Waals surface area (Å²) in [6.45, 7) is 3.19. The van der Waals surface area contributed by atoms with Crippen LogP contribution in [-0.4, -0.2) is 63.3 Å². The molecule has 10 heteroatoms. The summed E-state index contributed by atoms with van der Waals surface area (Å²) in [5.74, 6) is 0.412. The molecule has 2 aromatic carbocycles. The van der Waals surface area contributed by atoms with E-state index in [2.05, 4.69) is 15.3 Å². The number of pyridine rings is 1. The Morgan fingerprint density at radius 1 is 1.07 bits per heavy atom. The van der Waals surface area contributed by atoms with Crippen molar-refractivity contribution in [2.45, 2.75) is 45.1 Å². The van der Waals surface area contributed by atoms with Crippen LogP contribution in [0.4, 0.5) is 4.39 Å². The van der Waals surface area contributed by atoms with Crippen LogP contribution in [0.15, 0.2) is 73.1 Å². The molecule has 5 rings (SSSR count). The molecule has 2 amide bonds. The quantitative estimate of drug-likeness (QED) is 0.202. The average molecular weight is 599 g/mol. The van der Waals surface area contributed by atoms with Gasteiger partial charge in [0.25, 0.3) is 5.91 Å². The maximum Gasteiger partial charge on any atom is 0.252 e. The lowest BCUT2D eigenvalue weighted by Crippen LogP contribution is -2.30. The number of aliphatic hydroxyl groups excluding tert-OH is 1. The number of aromatic amines is 1. The van der Waals surface area contributed by atoms with E-state index in [1.807, 2.05) is 19.1 Å². The van der Waals surface area contributed by atoms with Gasteiger partial charge < -0.3 is 25.0 Å². The molecule has 1 atom stereocenters. The van der Waals surface area contributed by atoms with Gasteiger partial charge in [-0.2, -0.15) is 0 Å². The Morgan fingerprint density at radius 3 is 2.66 bits per heavy atom. The normalized spacial score (nSPS) is 14.4. The number of aliphatic hydroxyl groups is 1. The summed E-state index contributed by atoms with van der Waals surface area (Å²) in [5, 5.41) is 12.4. The van der Waals surface area contributed by atoms with Crippen molar-refractivity contribution in [1.82, 2.24) is 20.2 Å². The number of nitrogens with zero attached hydrogens (tertiary/aromatic N) is 2. The standard InChI is InChI=1S/C34H35FN4O5/c1-22-4-9-30(35)24(15-22)17-27(41)16-23-5-7-28(8-6-23)44-29-10-13-36-32(19-29)31-18-25(20-38-31)34(43)37-12-2-3-33(42)39-14-11-26(40)21-39/h4-10,13,15,18-20,26,38,40H,2-3,11-12,14,16-17,21H2,1H3,(H,37,43)/t26-/m1/s1. The van der Waals surface area contributed by atoms with Gasteiger partial charge in [-0.25, -0.2) is 4.39 Å². The van der Waals surface area contributed by atoms with Crippen molar-refractivity contribution in [3.05, 3.63) is 101 Å². The molecular weight excluding hydrogens is 563 g/mol. The van der Waals surface area contributed by atoms with Gasteiger partial charge in [0.1, 0.15) is 23.1 Å². The molecule has 2 aromatic heterocycles. The largest absolute Gasteiger partial charge is 0.457 e. The van der Waals surface area contributed by atoms with E-state index in [-0.39, 0.29) is 36.3 Å². The van der Waals surface area contributed by atoms with Crippen molar-refractivity contribution in [3.63, 3.8) is 0 Å². The van der Waals surface area contributed by atoms with Gasteiger partial charge in [-0.05, 0) is 61.2 Å². The fourth-order valence-electron chi connectivity index (χ4n) is 5.12. The lowest BCUT2D eigenvalue weighted by molar-refractivity contribution is -0.130. The zero-order valence-electron chi connectivity index (χ0n) is 24.5. The first-order chi connectivity index (χ1) is 21.2. The maximum absolute atomic E-state index is 14.0. The number of aromatic nitrogens is 2. The summed E-state index contributed by atoms with van der Waals surface area (Å²) in [4.78, 5) is 46.5. The molecule has 0 saturated carbocycles. The number of H-pyrrole nitrogens is 1. The molecule has 44 heavy (non-hydrogen) atoms. The summed E-state index contributed by atoms with van der Waals surface area (Å²) >= 11 is 0. The van der Waals surface area contributed by atoms with Crippen molar-refractivity contribution in [3.8, 4) is 22.9 Å². The maximum atomic E-state index is 14.0. The minimum absolute atomic E-state index is 0.00865. The molecule has 0 bridgehead atoms. The van der Waals surface area contributed by atoms with Crippen LogP contribution >= 0.6 is 0 Å². The Kier molecular flexibility index (Phi) is 9.81. The fourth-order valence-corrected chi connectivity index (χ4v) is 5.12. The lowest BCUT2D eigenvalue weighted by atomic mass is 10.0. The predicted octanol–water partition coefficient (Wildman–Crippen LogP) is 4.77. The van der Waals surface area contributed by atoms with Gasteiger partial charge >= 0.3 is 0 Å². The van der Waals surface area contributed by atoms with Crippen LogP contribution in [0.1, 0.15) is 46.3 Å². The molecule has 3 heterocycles. The summed E-state index contributed by atoms with van der Waals surface area (Å²) in [5.41, 5.74) is 3.79. The van der Waals surface area contributed by atoms with E-state index in [4.69, 9.17) is 4.74 Å². The topological polar surface area (TPSA) is 125 Å². The molecule has 1 aliphatic rings. The molecular formula is C34H35FN4O5. The van der Waals surface area contributed by atoms with Crippen LogP contribution in [0.3, 0.4) is 0 Å². The number of aryl methyl sites for hydroxylation is 1. The van der Waals surface area contributed by atoms with Gasteiger partial charge in [-0.3, -0.25) is 19.4 Å². The van der Waals surface area contributed by atoms with E-state index in [9.17, 15) is 23.9 Å². The Balaban J connectivity index is 1.10. The third-order valence-corrected chi connectivity index (χ3v) is 7.47.